The summed E-state index contributed by atoms with van der Waals surface area (Å²) >= 11 is 7.00. The minimum Gasteiger partial charge on any atom is -0.470 e. The molecule has 14 heteroatoms. The molecule has 0 saturated carbocycles. The molecule has 4 aromatic heterocycles. The first-order valence-electron chi connectivity index (χ1n) is 12.4. The lowest BCUT2D eigenvalue weighted by Gasteiger charge is -2.11. The van der Waals surface area contributed by atoms with Crippen LogP contribution in [0.1, 0.15) is 50.5 Å². The maximum absolute atomic E-state index is 13.8. The highest BCUT2D eigenvalue weighted by molar-refractivity contribution is 7.21. The molecule has 2 amide bonds. The number of fused-ring (bicyclic) bond motifs is 1. The Kier molecular flexibility index (Phi) is 7.74. The van der Waals surface area contributed by atoms with Gasteiger partial charge in [0.25, 0.3) is 18.2 Å². The van der Waals surface area contributed by atoms with E-state index in [4.69, 9.17) is 22.1 Å². The van der Waals surface area contributed by atoms with E-state index in [2.05, 4.69) is 20.5 Å². The maximum Gasteiger partial charge on any atom is 0.280 e. The summed E-state index contributed by atoms with van der Waals surface area (Å²) in [5.41, 5.74) is 7.83. The van der Waals surface area contributed by atoms with E-state index in [1.807, 2.05) is 19.9 Å². The number of benzene rings is 1. The van der Waals surface area contributed by atoms with Gasteiger partial charge in [0.1, 0.15) is 21.2 Å². The highest BCUT2D eigenvalue weighted by atomic mass is 35.5. The van der Waals surface area contributed by atoms with Gasteiger partial charge < -0.3 is 15.8 Å². The van der Waals surface area contributed by atoms with E-state index >= 15 is 0 Å². The quantitative estimate of drug-likeness (QED) is 0.215. The van der Waals surface area contributed by atoms with E-state index < -0.39 is 23.9 Å². The summed E-state index contributed by atoms with van der Waals surface area (Å²) < 4.78 is 36.5. The molecular formula is C27H24ClF2N7O3S. The van der Waals surface area contributed by atoms with Gasteiger partial charge in [0.05, 0.1) is 16.9 Å². The minimum atomic E-state index is -2.86. The number of alkyl halides is 2. The van der Waals surface area contributed by atoms with Crippen LogP contribution in [0, 0.1) is 13.8 Å². The van der Waals surface area contributed by atoms with Crippen molar-refractivity contribution in [1.29, 1.82) is 0 Å². The lowest BCUT2D eigenvalue weighted by molar-refractivity contribution is 0.100. The molecule has 4 heterocycles. The second kappa shape index (κ2) is 11.3. The van der Waals surface area contributed by atoms with Crippen molar-refractivity contribution in [2.45, 2.75) is 40.5 Å². The van der Waals surface area contributed by atoms with E-state index in [0.29, 0.717) is 33.8 Å². The predicted molar refractivity (Wildman–Crippen MR) is 152 cm³/mol. The number of anilines is 1. The number of halogens is 3. The van der Waals surface area contributed by atoms with Gasteiger partial charge in [0, 0.05) is 29.4 Å². The number of hydrogen-bond acceptors (Lipinski definition) is 7. The van der Waals surface area contributed by atoms with Crippen molar-refractivity contribution in [2.75, 3.05) is 5.32 Å². The normalized spacial score (nSPS) is 11.4. The van der Waals surface area contributed by atoms with Crippen molar-refractivity contribution in [3.63, 3.8) is 0 Å². The Hall–Kier alpha value is -4.36. The number of thiophene rings is 1. The van der Waals surface area contributed by atoms with Gasteiger partial charge in [0.15, 0.2) is 12.4 Å². The Morgan fingerprint density at radius 1 is 1.20 bits per heavy atom. The number of carbonyl (C=O) groups excluding carboxylic acids is 2. The largest absolute Gasteiger partial charge is 0.470 e. The van der Waals surface area contributed by atoms with Crippen molar-refractivity contribution in [3.8, 4) is 16.9 Å². The maximum atomic E-state index is 13.8. The Labute approximate surface area is 241 Å². The SMILES string of the molecule is CCn1ncc(-c2cc(C(F)F)nc3sc(C(N)=O)c(NC(=O)c4ccn(COc5cc(C)ccc5Cl)n4)c23)c1C. The van der Waals surface area contributed by atoms with Crippen LogP contribution in [0.25, 0.3) is 21.3 Å². The third-order valence-corrected chi connectivity index (χ3v) is 7.78. The Bertz CT molecular complexity index is 1800. The summed E-state index contributed by atoms with van der Waals surface area (Å²) in [5.74, 6) is -1.03. The molecule has 0 unspecified atom stereocenters. The van der Waals surface area contributed by atoms with Crippen molar-refractivity contribution in [3.05, 3.63) is 75.3 Å². The Balaban J connectivity index is 1.52. The standard InChI is InChI=1S/C27H24ClF2N7O3S/c1-4-37-14(3)16(11-32-37)15-10-19(24(29)30)33-27-21(15)22(23(41-27)25(31)38)34-26(39)18-7-8-36(35-18)12-40-20-9-13(2)5-6-17(20)28/h5-11,24H,4,12H2,1-3H3,(H2,31,38)(H,34,39). The number of aryl methyl sites for hydroxylation is 2. The van der Waals surface area contributed by atoms with Gasteiger partial charge in [-0.1, -0.05) is 17.7 Å². The fraction of sp³-hybridized carbons (Fsp3) is 0.222. The van der Waals surface area contributed by atoms with Crippen molar-refractivity contribution < 1.29 is 23.1 Å². The van der Waals surface area contributed by atoms with E-state index in [0.717, 1.165) is 22.6 Å². The summed E-state index contributed by atoms with van der Waals surface area (Å²) in [6.45, 7) is 6.15. The lowest BCUT2D eigenvalue weighted by atomic mass is 10.0. The second-order valence-electron chi connectivity index (χ2n) is 9.11. The van der Waals surface area contributed by atoms with Gasteiger partial charge in [-0.3, -0.25) is 14.3 Å². The van der Waals surface area contributed by atoms with E-state index in [1.54, 1.807) is 36.1 Å². The molecular weight excluding hydrogens is 576 g/mol. The topological polar surface area (TPSA) is 130 Å². The molecule has 5 rings (SSSR count). The molecule has 0 aliphatic rings. The van der Waals surface area contributed by atoms with Gasteiger partial charge in [-0.25, -0.2) is 18.4 Å². The Morgan fingerprint density at radius 3 is 2.66 bits per heavy atom. The zero-order chi connectivity index (χ0) is 29.4. The first-order chi connectivity index (χ1) is 19.6. The molecule has 0 atom stereocenters. The molecule has 5 aromatic rings. The van der Waals surface area contributed by atoms with Crippen molar-refractivity contribution >= 4 is 50.7 Å². The number of aromatic nitrogens is 5. The smallest absolute Gasteiger partial charge is 0.280 e. The number of hydrogen-bond donors (Lipinski definition) is 2. The van der Waals surface area contributed by atoms with Crippen LogP contribution in [0.15, 0.2) is 42.7 Å². The molecule has 41 heavy (non-hydrogen) atoms. The molecule has 0 aliphatic heterocycles. The number of primary amides is 1. The first kappa shape index (κ1) is 28.2. The lowest BCUT2D eigenvalue weighted by Crippen LogP contribution is -2.18. The van der Waals surface area contributed by atoms with E-state index in [-0.39, 0.29) is 27.8 Å². The molecule has 3 N–H and O–H groups in total. The Morgan fingerprint density at radius 2 is 1.98 bits per heavy atom. The molecule has 10 nitrogen and oxygen atoms in total. The molecule has 0 aliphatic carbocycles. The number of amides is 2. The van der Waals surface area contributed by atoms with Gasteiger partial charge in [-0.2, -0.15) is 10.2 Å². The van der Waals surface area contributed by atoms with E-state index in [1.165, 1.54) is 16.8 Å². The molecule has 0 saturated heterocycles. The molecule has 0 fully saturated rings. The summed E-state index contributed by atoms with van der Waals surface area (Å²) in [7, 11) is 0. The minimum absolute atomic E-state index is 0.0183. The predicted octanol–water partition coefficient (Wildman–Crippen LogP) is 5.97. The third-order valence-electron chi connectivity index (χ3n) is 6.37. The number of pyridine rings is 1. The van der Waals surface area contributed by atoms with Crippen LogP contribution >= 0.6 is 22.9 Å². The number of nitrogens with one attached hydrogen (secondary N) is 1. The van der Waals surface area contributed by atoms with Crippen molar-refractivity contribution in [2.24, 2.45) is 5.73 Å². The zero-order valence-electron chi connectivity index (χ0n) is 22.1. The van der Waals surface area contributed by atoms with E-state index in [9.17, 15) is 18.4 Å². The fourth-order valence-electron chi connectivity index (χ4n) is 4.35. The number of rotatable bonds is 9. The molecule has 0 bridgehead atoms. The summed E-state index contributed by atoms with van der Waals surface area (Å²) in [5, 5.41) is 12.0. The second-order valence-corrected chi connectivity index (χ2v) is 10.5. The number of ether oxygens (including phenoxy) is 1. The number of nitrogens with two attached hydrogens (primary N) is 1. The third kappa shape index (κ3) is 5.50. The highest BCUT2D eigenvalue weighted by Crippen LogP contribution is 2.43. The molecule has 212 valence electrons. The number of nitrogens with zero attached hydrogens (tertiary/aromatic N) is 5. The zero-order valence-corrected chi connectivity index (χ0v) is 23.7. The van der Waals surface area contributed by atoms with Crippen LogP contribution in [0.2, 0.25) is 5.02 Å². The van der Waals surface area contributed by atoms with Crippen molar-refractivity contribution in [1.82, 2.24) is 24.5 Å². The van der Waals surface area contributed by atoms with Gasteiger partial charge >= 0.3 is 0 Å². The average molecular weight is 600 g/mol. The van der Waals surface area contributed by atoms with Crippen LogP contribution in [0.3, 0.4) is 0 Å². The molecule has 0 radical (unpaired) electrons. The van der Waals surface area contributed by atoms with Crippen LogP contribution in [-0.4, -0.2) is 36.4 Å². The summed E-state index contributed by atoms with van der Waals surface area (Å²) in [4.78, 5) is 29.9. The first-order valence-corrected chi connectivity index (χ1v) is 13.6. The van der Waals surface area contributed by atoms with Crippen LogP contribution < -0.4 is 15.8 Å². The molecule has 1 aromatic carbocycles. The highest BCUT2D eigenvalue weighted by Gasteiger charge is 2.27. The summed E-state index contributed by atoms with van der Waals surface area (Å²) in [6, 6.07) is 8.07. The van der Waals surface area contributed by atoms with Gasteiger partial charge in [0.2, 0.25) is 0 Å². The monoisotopic (exact) mass is 599 g/mol. The van der Waals surface area contributed by atoms with Crippen LogP contribution in [-0.2, 0) is 13.3 Å². The summed E-state index contributed by atoms with van der Waals surface area (Å²) in [6.07, 6.45) is 0.236. The molecule has 0 spiro atoms. The number of carbonyl (C=O) groups is 2. The van der Waals surface area contributed by atoms with Crippen LogP contribution in [0.4, 0.5) is 14.5 Å². The fourth-order valence-corrected chi connectivity index (χ4v) is 5.54. The van der Waals surface area contributed by atoms with Crippen LogP contribution in [0.5, 0.6) is 5.75 Å². The van der Waals surface area contributed by atoms with Gasteiger partial charge in [-0.05, 0) is 56.2 Å². The van der Waals surface area contributed by atoms with Gasteiger partial charge in [-0.15, -0.1) is 11.3 Å². The average Bonchev–Trinajstić information content (AvgIpc) is 3.66.